The van der Waals surface area contributed by atoms with E-state index < -0.39 is 23.5 Å². The van der Waals surface area contributed by atoms with Gasteiger partial charge in [-0.2, -0.15) is 4.98 Å². The van der Waals surface area contributed by atoms with Gasteiger partial charge in [0.05, 0.1) is 25.6 Å². The molecule has 4 aromatic rings. The Bertz CT molecular complexity index is 1450. The summed E-state index contributed by atoms with van der Waals surface area (Å²) in [6, 6.07) is 9.75. The number of amides is 2. The van der Waals surface area contributed by atoms with Crippen molar-refractivity contribution < 1.29 is 33.1 Å². The summed E-state index contributed by atoms with van der Waals surface area (Å²) in [4.78, 5) is 35.7. The summed E-state index contributed by atoms with van der Waals surface area (Å²) in [7, 11) is 1.45. The number of anilines is 3. The van der Waals surface area contributed by atoms with Gasteiger partial charge < -0.3 is 34.6 Å². The number of carbonyl (C=O) groups is 2. The number of nitrogen functional groups attached to an aromatic ring is 1. The Morgan fingerprint density at radius 2 is 2.14 bits per heavy atom. The van der Waals surface area contributed by atoms with Crippen molar-refractivity contribution in [2.24, 2.45) is 0 Å². The second-order valence-corrected chi connectivity index (χ2v) is 8.19. The monoisotopic (exact) mass is 494 g/mol. The molecule has 5 rings (SSSR count). The molecular weight excluding hydrogens is 472 g/mol. The van der Waals surface area contributed by atoms with Crippen LogP contribution >= 0.6 is 0 Å². The van der Waals surface area contributed by atoms with Gasteiger partial charge in [-0.05, 0) is 31.2 Å². The van der Waals surface area contributed by atoms with Crippen molar-refractivity contribution in [1.29, 1.82) is 0 Å². The van der Waals surface area contributed by atoms with E-state index >= 15 is 0 Å². The molecule has 1 fully saturated rings. The van der Waals surface area contributed by atoms with Gasteiger partial charge in [-0.3, -0.25) is 14.5 Å². The first-order valence-corrected chi connectivity index (χ1v) is 10.9. The lowest BCUT2D eigenvalue weighted by molar-refractivity contribution is -0.165. The summed E-state index contributed by atoms with van der Waals surface area (Å²) in [5, 5.41) is 17.9. The number of nitrogens with one attached hydrogen (secondary N) is 1. The molecule has 1 aromatic carbocycles. The third-order valence-electron chi connectivity index (χ3n) is 5.74. The van der Waals surface area contributed by atoms with Gasteiger partial charge in [0.25, 0.3) is 11.8 Å². The Balaban J connectivity index is 1.33. The Kier molecular flexibility index (Phi) is 5.78. The lowest BCUT2D eigenvalue weighted by Crippen LogP contribution is -2.61. The van der Waals surface area contributed by atoms with Crippen molar-refractivity contribution in [3.63, 3.8) is 0 Å². The van der Waals surface area contributed by atoms with Crippen molar-refractivity contribution in [2.75, 3.05) is 36.2 Å². The number of nitrogens with two attached hydrogens (primary N) is 1. The van der Waals surface area contributed by atoms with E-state index in [0.29, 0.717) is 28.1 Å². The van der Waals surface area contributed by atoms with Crippen molar-refractivity contribution in [1.82, 2.24) is 15.1 Å². The summed E-state index contributed by atoms with van der Waals surface area (Å²) in [6.45, 7) is 1.44. The largest absolute Gasteiger partial charge is 0.467 e. The van der Waals surface area contributed by atoms with Gasteiger partial charge in [-0.25, -0.2) is 4.98 Å². The molecule has 36 heavy (non-hydrogen) atoms. The molecule has 0 bridgehead atoms. The summed E-state index contributed by atoms with van der Waals surface area (Å²) < 4.78 is 21.5. The molecule has 3 aromatic heterocycles. The van der Waals surface area contributed by atoms with Crippen LogP contribution in [0.25, 0.3) is 22.4 Å². The van der Waals surface area contributed by atoms with E-state index in [1.807, 2.05) is 0 Å². The highest BCUT2D eigenvalue weighted by Gasteiger charge is 2.49. The number of morpholine rings is 1. The predicted molar refractivity (Wildman–Crippen MR) is 126 cm³/mol. The normalized spacial score (nSPS) is 17.7. The van der Waals surface area contributed by atoms with E-state index in [-0.39, 0.29) is 30.9 Å². The van der Waals surface area contributed by atoms with Crippen LogP contribution in [0.1, 0.15) is 6.92 Å². The van der Waals surface area contributed by atoms with Crippen LogP contribution in [0.5, 0.6) is 6.01 Å². The summed E-state index contributed by atoms with van der Waals surface area (Å²) in [5.41, 5.74) is 4.64. The number of carbonyl (C=O) groups excluding carboxylic acids is 2. The minimum Gasteiger partial charge on any atom is -0.467 e. The Labute approximate surface area is 203 Å². The fourth-order valence-corrected chi connectivity index (χ4v) is 3.80. The third-order valence-corrected chi connectivity index (χ3v) is 5.74. The number of hydrogen-bond acceptors (Lipinski definition) is 11. The zero-order chi connectivity index (χ0) is 25.4. The number of methoxy groups -OCH3 is 1. The van der Waals surface area contributed by atoms with Gasteiger partial charge in [0.2, 0.25) is 5.88 Å². The van der Waals surface area contributed by atoms with E-state index in [0.717, 1.165) is 0 Å². The average molecular weight is 494 g/mol. The van der Waals surface area contributed by atoms with E-state index in [1.165, 1.54) is 31.2 Å². The van der Waals surface area contributed by atoms with Crippen LogP contribution in [0.2, 0.25) is 0 Å². The minimum absolute atomic E-state index is 0.0699. The number of nitrogens with zero attached hydrogens (tertiary/aromatic N) is 4. The fraction of sp³-hybridized carbons (Fsp3) is 0.261. The minimum atomic E-state index is -2.21. The maximum Gasteiger partial charge on any atom is 0.316 e. The number of benzene rings is 1. The number of furan rings is 1. The van der Waals surface area contributed by atoms with Gasteiger partial charge in [-0.15, -0.1) is 0 Å². The molecular formula is C23H22N6O7. The van der Waals surface area contributed by atoms with Gasteiger partial charge in [0.1, 0.15) is 5.69 Å². The highest BCUT2D eigenvalue weighted by molar-refractivity contribution is 6.06. The van der Waals surface area contributed by atoms with E-state index in [9.17, 15) is 14.7 Å². The Hall–Kier alpha value is -4.49. The molecule has 1 saturated heterocycles. The zero-order valence-electron chi connectivity index (χ0n) is 19.3. The molecule has 4 heterocycles. The quantitative estimate of drug-likeness (QED) is 0.354. The number of aliphatic hydroxyl groups is 1. The van der Waals surface area contributed by atoms with Crippen LogP contribution in [-0.4, -0.2) is 64.0 Å². The molecule has 186 valence electrons. The molecule has 1 aliphatic rings. The molecule has 4 N–H and O–H groups in total. The number of fused-ring (bicyclic) bond motifs is 1. The van der Waals surface area contributed by atoms with Crippen LogP contribution in [0, 0.1) is 0 Å². The summed E-state index contributed by atoms with van der Waals surface area (Å²) in [5.74, 6) is -0.667. The van der Waals surface area contributed by atoms with Gasteiger partial charge in [-0.1, -0.05) is 5.16 Å². The second-order valence-electron chi connectivity index (χ2n) is 8.19. The lowest BCUT2D eigenvalue weighted by Gasteiger charge is -2.37. The molecule has 0 radical (unpaired) electrons. The van der Waals surface area contributed by atoms with Crippen molar-refractivity contribution in [3.8, 4) is 17.5 Å². The highest BCUT2D eigenvalue weighted by Crippen LogP contribution is 2.31. The Morgan fingerprint density at radius 1 is 1.31 bits per heavy atom. The number of hydrogen-bond donors (Lipinski definition) is 3. The third kappa shape index (κ3) is 4.10. The predicted octanol–water partition coefficient (Wildman–Crippen LogP) is 1.59. The molecule has 13 heteroatoms. The van der Waals surface area contributed by atoms with E-state index in [2.05, 4.69) is 20.4 Å². The SMILES string of the molecule is COc1nccc(-c2ccc(N3CCO[C@H](C(C)(O)C(=O)Nc4ccc5c(N)noc5c4)C3=O)o2)n1. The zero-order valence-corrected chi connectivity index (χ0v) is 19.3. The second kappa shape index (κ2) is 8.94. The van der Waals surface area contributed by atoms with Crippen LogP contribution in [0.4, 0.5) is 17.4 Å². The number of rotatable bonds is 6. The molecule has 0 spiro atoms. The van der Waals surface area contributed by atoms with E-state index in [1.54, 1.807) is 30.3 Å². The van der Waals surface area contributed by atoms with Crippen LogP contribution < -0.4 is 20.7 Å². The fourth-order valence-electron chi connectivity index (χ4n) is 3.80. The van der Waals surface area contributed by atoms with Gasteiger partial charge >= 0.3 is 6.01 Å². The van der Waals surface area contributed by atoms with Crippen LogP contribution in [0.3, 0.4) is 0 Å². The van der Waals surface area contributed by atoms with E-state index in [4.69, 9.17) is 24.1 Å². The summed E-state index contributed by atoms with van der Waals surface area (Å²) in [6.07, 6.45) is 0.0353. The first kappa shape index (κ1) is 23.3. The number of aromatic nitrogens is 3. The topological polar surface area (TPSA) is 179 Å². The van der Waals surface area contributed by atoms with Crippen LogP contribution in [-0.2, 0) is 14.3 Å². The highest BCUT2D eigenvalue weighted by atomic mass is 16.5. The lowest BCUT2D eigenvalue weighted by atomic mass is 9.95. The first-order valence-electron chi connectivity index (χ1n) is 10.9. The van der Waals surface area contributed by atoms with Crippen molar-refractivity contribution in [3.05, 3.63) is 42.6 Å². The van der Waals surface area contributed by atoms with Crippen molar-refractivity contribution in [2.45, 2.75) is 18.6 Å². The molecule has 0 saturated carbocycles. The first-order chi connectivity index (χ1) is 17.3. The standard InChI is InChI=1S/C23H22N6O7/c1-23(32,21(31)26-12-3-4-13-16(11-12)36-28-19(13)24)18-20(30)29(9-10-34-18)17-6-5-15(35-17)14-7-8-25-22(27-14)33-2/h3-8,11,18,32H,9-10H2,1-2H3,(H2,24,28)(H,26,31)/t18-,23?/m0/s1. The van der Waals surface area contributed by atoms with Gasteiger partial charge in [0.15, 0.2) is 28.9 Å². The maximum absolute atomic E-state index is 13.3. The summed E-state index contributed by atoms with van der Waals surface area (Å²) >= 11 is 0. The van der Waals surface area contributed by atoms with Crippen LogP contribution in [0.15, 0.2) is 51.5 Å². The van der Waals surface area contributed by atoms with Crippen molar-refractivity contribution >= 4 is 40.2 Å². The molecule has 1 aliphatic heterocycles. The smallest absolute Gasteiger partial charge is 0.316 e. The molecule has 1 unspecified atom stereocenters. The number of ether oxygens (including phenoxy) is 2. The average Bonchev–Trinajstić information content (AvgIpc) is 3.51. The van der Waals surface area contributed by atoms with Gasteiger partial charge in [0, 0.05) is 24.0 Å². The molecule has 0 aliphatic carbocycles. The molecule has 2 amide bonds. The molecule has 2 atom stereocenters. The Morgan fingerprint density at radius 3 is 2.94 bits per heavy atom. The molecule has 13 nitrogen and oxygen atoms in total. The maximum atomic E-state index is 13.3.